The summed E-state index contributed by atoms with van der Waals surface area (Å²) in [7, 11) is 5.89. The van der Waals surface area contributed by atoms with Gasteiger partial charge in [-0.15, -0.1) is 0 Å². The van der Waals surface area contributed by atoms with E-state index in [1.54, 1.807) is 0 Å². The van der Waals surface area contributed by atoms with Gasteiger partial charge in [0.15, 0.2) is 0 Å². The zero-order valence-electron chi connectivity index (χ0n) is 10.6. The number of aryl methyl sites for hydroxylation is 3. The van der Waals surface area contributed by atoms with Crippen molar-refractivity contribution in [2.75, 3.05) is 7.05 Å². The van der Waals surface area contributed by atoms with Gasteiger partial charge in [0, 0.05) is 32.2 Å². The van der Waals surface area contributed by atoms with E-state index in [0.717, 1.165) is 18.5 Å². The number of nitrogens with one attached hydrogen (secondary N) is 1. The van der Waals surface area contributed by atoms with Gasteiger partial charge in [0.05, 0.1) is 11.7 Å². The monoisotopic (exact) mass is 233 g/mol. The standard InChI is InChI=1S/C12H19N5/c1-13-11(12-7-9-16(2)15-12)5-4-10-6-8-14-17(10)3/h6-9,11,13H,4-5H2,1-3H3. The van der Waals surface area contributed by atoms with Crippen LogP contribution in [0.25, 0.3) is 0 Å². The van der Waals surface area contributed by atoms with Crippen LogP contribution in [0.5, 0.6) is 0 Å². The van der Waals surface area contributed by atoms with Crippen molar-refractivity contribution in [3.05, 3.63) is 35.9 Å². The van der Waals surface area contributed by atoms with Crippen LogP contribution < -0.4 is 5.32 Å². The van der Waals surface area contributed by atoms with Gasteiger partial charge >= 0.3 is 0 Å². The van der Waals surface area contributed by atoms with Gasteiger partial charge in [-0.25, -0.2) is 0 Å². The van der Waals surface area contributed by atoms with Gasteiger partial charge in [-0.05, 0) is 32.0 Å². The number of rotatable bonds is 5. The van der Waals surface area contributed by atoms with E-state index in [4.69, 9.17) is 0 Å². The molecule has 1 N–H and O–H groups in total. The Hall–Kier alpha value is -1.62. The van der Waals surface area contributed by atoms with Crippen LogP contribution in [0.3, 0.4) is 0 Å². The lowest BCUT2D eigenvalue weighted by atomic mass is 10.1. The SMILES string of the molecule is CNC(CCc1ccnn1C)c1ccn(C)n1. The topological polar surface area (TPSA) is 47.7 Å². The minimum absolute atomic E-state index is 0.297. The molecule has 5 nitrogen and oxygen atoms in total. The zero-order valence-corrected chi connectivity index (χ0v) is 10.6. The molecule has 0 saturated carbocycles. The van der Waals surface area contributed by atoms with Crippen LogP contribution >= 0.6 is 0 Å². The summed E-state index contributed by atoms with van der Waals surface area (Å²) in [5.41, 5.74) is 2.35. The van der Waals surface area contributed by atoms with Gasteiger partial charge < -0.3 is 5.32 Å². The summed E-state index contributed by atoms with van der Waals surface area (Å²) < 4.78 is 3.76. The van der Waals surface area contributed by atoms with Crippen molar-refractivity contribution in [3.8, 4) is 0 Å². The Morgan fingerprint density at radius 3 is 2.71 bits per heavy atom. The highest BCUT2D eigenvalue weighted by atomic mass is 15.3. The van der Waals surface area contributed by atoms with Crippen molar-refractivity contribution in [1.82, 2.24) is 24.9 Å². The first-order chi connectivity index (χ1) is 8.20. The molecule has 0 amide bonds. The lowest BCUT2D eigenvalue weighted by molar-refractivity contribution is 0.516. The van der Waals surface area contributed by atoms with Gasteiger partial charge in [0.2, 0.25) is 0 Å². The van der Waals surface area contributed by atoms with E-state index in [1.807, 2.05) is 42.9 Å². The van der Waals surface area contributed by atoms with Crippen molar-refractivity contribution in [3.63, 3.8) is 0 Å². The van der Waals surface area contributed by atoms with E-state index < -0.39 is 0 Å². The van der Waals surface area contributed by atoms with E-state index in [0.29, 0.717) is 6.04 Å². The lowest BCUT2D eigenvalue weighted by Crippen LogP contribution is -2.18. The van der Waals surface area contributed by atoms with E-state index in [-0.39, 0.29) is 0 Å². The summed E-state index contributed by atoms with van der Waals surface area (Å²) in [5.74, 6) is 0. The number of nitrogens with zero attached hydrogens (tertiary/aromatic N) is 4. The predicted molar refractivity (Wildman–Crippen MR) is 66.5 cm³/mol. The summed E-state index contributed by atoms with van der Waals surface area (Å²) in [5, 5.41) is 11.9. The fourth-order valence-corrected chi connectivity index (χ4v) is 2.00. The van der Waals surface area contributed by atoms with E-state index in [1.165, 1.54) is 5.69 Å². The fourth-order valence-electron chi connectivity index (χ4n) is 2.00. The van der Waals surface area contributed by atoms with Crippen molar-refractivity contribution >= 4 is 0 Å². The van der Waals surface area contributed by atoms with Crippen LogP contribution in [-0.4, -0.2) is 26.6 Å². The molecule has 1 unspecified atom stereocenters. The summed E-state index contributed by atoms with van der Waals surface area (Å²) >= 11 is 0. The Bertz CT molecular complexity index is 471. The molecule has 5 heteroatoms. The third-order valence-electron chi connectivity index (χ3n) is 3.05. The smallest absolute Gasteiger partial charge is 0.0793 e. The summed E-state index contributed by atoms with van der Waals surface area (Å²) in [6, 6.07) is 4.42. The van der Waals surface area contributed by atoms with Crippen molar-refractivity contribution in [2.45, 2.75) is 18.9 Å². The van der Waals surface area contributed by atoms with Crippen LogP contribution in [-0.2, 0) is 20.5 Å². The molecule has 92 valence electrons. The van der Waals surface area contributed by atoms with Crippen LogP contribution in [0, 0.1) is 0 Å². The van der Waals surface area contributed by atoms with Crippen LogP contribution in [0.1, 0.15) is 23.9 Å². The summed E-state index contributed by atoms with van der Waals surface area (Å²) in [6.45, 7) is 0. The maximum atomic E-state index is 4.44. The van der Waals surface area contributed by atoms with E-state index in [2.05, 4.69) is 27.6 Å². The maximum absolute atomic E-state index is 4.44. The Balaban J connectivity index is 1.99. The minimum Gasteiger partial charge on any atom is -0.312 e. The molecule has 0 aromatic carbocycles. The summed E-state index contributed by atoms with van der Waals surface area (Å²) in [4.78, 5) is 0. The predicted octanol–water partition coefficient (Wildman–Crippen LogP) is 1.05. The van der Waals surface area contributed by atoms with E-state index in [9.17, 15) is 0 Å². The largest absolute Gasteiger partial charge is 0.312 e. The van der Waals surface area contributed by atoms with Gasteiger partial charge in [0.25, 0.3) is 0 Å². The highest BCUT2D eigenvalue weighted by Crippen LogP contribution is 2.16. The van der Waals surface area contributed by atoms with Gasteiger partial charge in [-0.2, -0.15) is 10.2 Å². The highest BCUT2D eigenvalue weighted by Gasteiger charge is 2.12. The molecule has 0 aliphatic heterocycles. The number of aromatic nitrogens is 4. The molecule has 1 atom stereocenters. The molecule has 0 aliphatic rings. The average molecular weight is 233 g/mol. The first-order valence-corrected chi connectivity index (χ1v) is 5.84. The number of hydrogen-bond donors (Lipinski definition) is 1. The third kappa shape index (κ3) is 2.74. The maximum Gasteiger partial charge on any atom is 0.0793 e. The molecule has 0 spiro atoms. The third-order valence-corrected chi connectivity index (χ3v) is 3.05. The molecule has 2 aromatic heterocycles. The van der Waals surface area contributed by atoms with E-state index >= 15 is 0 Å². The number of hydrogen-bond acceptors (Lipinski definition) is 3. The van der Waals surface area contributed by atoms with Gasteiger partial charge in [-0.1, -0.05) is 0 Å². The first kappa shape index (κ1) is 11.9. The van der Waals surface area contributed by atoms with Crippen LogP contribution in [0.2, 0.25) is 0 Å². The molecule has 2 heterocycles. The zero-order chi connectivity index (χ0) is 12.3. The quantitative estimate of drug-likeness (QED) is 0.839. The normalized spacial score (nSPS) is 12.9. The Morgan fingerprint density at radius 1 is 1.35 bits per heavy atom. The Morgan fingerprint density at radius 2 is 2.18 bits per heavy atom. The molecular weight excluding hydrogens is 214 g/mol. The Kier molecular flexibility index (Phi) is 3.58. The van der Waals surface area contributed by atoms with Crippen molar-refractivity contribution in [1.29, 1.82) is 0 Å². The summed E-state index contributed by atoms with van der Waals surface area (Å²) in [6.07, 6.45) is 5.83. The molecule has 0 bridgehead atoms. The fraction of sp³-hybridized carbons (Fsp3) is 0.500. The highest BCUT2D eigenvalue weighted by molar-refractivity contribution is 5.07. The molecular formula is C12H19N5. The molecule has 0 saturated heterocycles. The molecule has 2 rings (SSSR count). The molecule has 17 heavy (non-hydrogen) atoms. The molecule has 2 aromatic rings. The molecule has 0 fully saturated rings. The lowest BCUT2D eigenvalue weighted by Gasteiger charge is -2.13. The van der Waals surface area contributed by atoms with Crippen molar-refractivity contribution in [2.24, 2.45) is 14.1 Å². The van der Waals surface area contributed by atoms with Crippen LogP contribution in [0.15, 0.2) is 24.5 Å². The second-order valence-electron chi connectivity index (χ2n) is 4.24. The van der Waals surface area contributed by atoms with Crippen LogP contribution in [0.4, 0.5) is 0 Å². The first-order valence-electron chi connectivity index (χ1n) is 5.84. The van der Waals surface area contributed by atoms with Crippen molar-refractivity contribution < 1.29 is 0 Å². The van der Waals surface area contributed by atoms with Gasteiger partial charge in [-0.3, -0.25) is 9.36 Å². The molecule has 0 aliphatic carbocycles. The van der Waals surface area contributed by atoms with Gasteiger partial charge in [0.1, 0.15) is 0 Å². The average Bonchev–Trinajstić information content (AvgIpc) is 2.90. The second kappa shape index (κ2) is 5.14. The second-order valence-corrected chi connectivity index (χ2v) is 4.24. The minimum atomic E-state index is 0.297. The Labute approximate surface area is 101 Å². The molecule has 0 radical (unpaired) electrons.